The lowest BCUT2D eigenvalue weighted by Crippen LogP contribution is -2.13. The van der Waals surface area contributed by atoms with Crippen molar-refractivity contribution >= 4 is 22.2 Å². The molecule has 20 heavy (non-hydrogen) atoms. The van der Waals surface area contributed by atoms with Gasteiger partial charge in [-0.25, -0.2) is 4.98 Å². The van der Waals surface area contributed by atoms with Crippen molar-refractivity contribution in [3.63, 3.8) is 0 Å². The summed E-state index contributed by atoms with van der Waals surface area (Å²) in [5.74, 6) is 0. The van der Waals surface area contributed by atoms with Crippen LogP contribution in [0.15, 0.2) is 42.0 Å². The van der Waals surface area contributed by atoms with Crippen LogP contribution in [0.5, 0.6) is 0 Å². The minimum absolute atomic E-state index is 0.856. The van der Waals surface area contributed by atoms with E-state index in [1.165, 1.54) is 22.9 Å². The molecule has 1 N–H and O–H groups in total. The second-order valence-electron chi connectivity index (χ2n) is 4.94. The van der Waals surface area contributed by atoms with Crippen molar-refractivity contribution < 1.29 is 0 Å². The fraction of sp³-hybridized carbons (Fsp3) is 0.312. The zero-order valence-corrected chi connectivity index (χ0v) is 12.5. The molecule has 0 radical (unpaired) electrons. The van der Waals surface area contributed by atoms with Crippen LogP contribution in [0, 0.1) is 0 Å². The summed E-state index contributed by atoms with van der Waals surface area (Å²) in [4.78, 5) is 4.35. The molecule has 0 aliphatic carbocycles. The SMILES string of the molecule is CCCNCc1ccc2c(ccn2Cc2nccs2)c1. The maximum Gasteiger partial charge on any atom is 0.112 e. The van der Waals surface area contributed by atoms with Gasteiger partial charge < -0.3 is 9.88 Å². The highest BCUT2D eigenvalue weighted by Gasteiger charge is 2.04. The molecule has 0 aliphatic rings. The van der Waals surface area contributed by atoms with E-state index < -0.39 is 0 Å². The summed E-state index contributed by atoms with van der Waals surface area (Å²) in [6.07, 6.45) is 5.19. The van der Waals surface area contributed by atoms with E-state index in [0.29, 0.717) is 0 Å². The van der Waals surface area contributed by atoms with E-state index in [1.54, 1.807) is 11.3 Å². The highest BCUT2D eigenvalue weighted by atomic mass is 32.1. The van der Waals surface area contributed by atoms with Crippen molar-refractivity contribution in [3.8, 4) is 0 Å². The van der Waals surface area contributed by atoms with Gasteiger partial charge in [-0.15, -0.1) is 11.3 Å². The van der Waals surface area contributed by atoms with Crippen molar-refractivity contribution in [2.75, 3.05) is 6.54 Å². The first-order valence-electron chi connectivity index (χ1n) is 7.03. The number of aromatic nitrogens is 2. The molecule has 0 amide bonds. The van der Waals surface area contributed by atoms with Gasteiger partial charge in [0.1, 0.15) is 5.01 Å². The molecule has 0 bridgehead atoms. The van der Waals surface area contributed by atoms with Crippen LogP contribution in [0.25, 0.3) is 10.9 Å². The minimum atomic E-state index is 0.856. The average Bonchev–Trinajstić information content (AvgIpc) is 3.10. The van der Waals surface area contributed by atoms with Gasteiger partial charge in [-0.05, 0) is 42.1 Å². The fourth-order valence-corrected chi connectivity index (χ4v) is 3.00. The molecule has 3 rings (SSSR count). The van der Waals surface area contributed by atoms with Gasteiger partial charge in [0, 0.05) is 29.8 Å². The third-order valence-corrected chi connectivity index (χ3v) is 4.14. The Morgan fingerprint density at radius 3 is 3.05 bits per heavy atom. The number of hydrogen-bond donors (Lipinski definition) is 1. The van der Waals surface area contributed by atoms with Gasteiger partial charge in [0.25, 0.3) is 0 Å². The molecular formula is C16H19N3S. The number of fused-ring (bicyclic) bond motifs is 1. The van der Waals surface area contributed by atoms with Gasteiger partial charge in [0.2, 0.25) is 0 Å². The van der Waals surface area contributed by atoms with Crippen LogP contribution >= 0.6 is 11.3 Å². The summed E-state index contributed by atoms with van der Waals surface area (Å²) in [5.41, 5.74) is 2.62. The maximum absolute atomic E-state index is 4.35. The maximum atomic E-state index is 4.35. The van der Waals surface area contributed by atoms with Gasteiger partial charge in [0.15, 0.2) is 0 Å². The Balaban J connectivity index is 1.79. The second-order valence-corrected chi connectivity index (χ2v) is 5.92. The van der Waals surface area contributed by atoms with Crippen LogP contribution in [-0.2, 0) is 13.1 Å². The Kier molecular flexibility index (Phi) is 4.14. The third kappa shape index (κ3) is 2.92. The van der Waals surface area contributed by atoms with Crippen molar-refractivity contribution in [2.24, 2.45) is 0 Å². The predicted octanol–water partition coefficient (Wildman–Crippen LogP) is 3.65. The predicted molar refractivity (Wildman–Crippen MR) is 85.2 cm³/mol. The molecule has 2 heterocycles. The monoisotopic (exact) mass is 285 g/mol. The van der Waals surface area contributed by atoms with E-state index in [9.17, 15) is 0 Å². The summed E-state index contributed by atoms with van der Waals surface area (Å²) in [6, 6.07) is 8.89. The molecular weight excluding hydrogens is 266 g/mol. The molecule has 0 unspecified atom stereocenters. The number of benzene rings is 1. The lowest BCUT2D eigenvalue weighted by molar-refractivity contribution is 0.676. The Hall–Kier alpha value is -1.65. The van der Waals surface area contributed by atoms with Crippen LogP contribution < -0.4 is 5.32 Å². The lowest BCUT2D eigenvalue weighted by atomic mass is 10.1. The zero-order valence-electron chi connectivity index (χ0n) is 11.7. The highest BCUT2D eigenvalue weighted by molar-refractivity contribution is 7.09. The summed E-state index contributed by atoms with van der Waals surface area (Å²) < 4.78 is 2.26. The topological polar surface area (TPSA) is 29.9 Å². The van der Waals surface area contributed by atoms with Gasteiger partial charge in [-0.2, -0.15) is 0 Å². The highest BCUT2D eigenvalue weighted by Crippen LogP contribution is 2.19. The Labute approximate surface area is 123 Å². The molecule has 0 fully saturated rings. The molecule has 0 atom stereocenters. The van der Waals surface area contributed by atoms with Crippen LogP contribution in [0.1, 0.15) is 23.9 Å². The minimum Gasteiger partial charge on any atom is -0.341 e. The average molecular weight is 285 g/mol. The first-order chi connectivity index (χ1) is 9.86. The number of nitrogens with zero attached hydrogens (tertiary/aromatic N) is 2. The van der Waals surface area contributed by atoms with Crippen molar-refractivity contribution in [2.45, 2.75) is 26.4 Å². The Bertz CT molecular complexity index is 670. The summed E-state index contributed by atoms with van der Waals surface area (Å²) in [5, 5.41) is 7.92. The van der Waals surface area contributed by atoms with E-state index in [0.717, 1.165) is 24.6 Å². The fourth-order valence-electron chi connectivity index (χ4n) is 2.38. The molecule has 0 aliphatic heterocycles. The van der Waals surface area contributed by atoms with E-state index in [1.807, 2.05) is 11.6 Å². The summed E-state index contributed by atoms with van der Waals surface area (Å²) >= 11 is 1.70. The summed E-state index contributed by atoms with van der Waals surface area (Å²) in [7, 11) is 0. The number of hydrogen-bond acceptors (Lipinski definition) is 3. The molecule has 0 saturated heterocycles. The summed E-state index contributed by atoms with van der Waals surface area (Å²) in [6.45, 7) is 5.06. The molecule has 3 nitrogen and oxygen atoms in total. The first-order valence-corrected chi connectivity index (χ1v) is 7.91. The van der Waals surface area contributed by atoms with Gasteiger partial charge >= 0.3 is 0 Å². The molecule has 1 aromatic carbocycles. The lowest BCUT2D eigenvalue weighted by Gasteiger charge is -2.06. The normalized spacial score (nSPS) is 11.2. The standard InChI is InChI=1S/C16H19N3S/c1-2-6-17-11-13-3-4-15-14(10-13)5-8-19(15)12-16-18-7-9-20-16/h3-5,7-10,17H,2,6,11-12H2,1H3. The molecule has 104 valence electrons. The number of rotatable bonds is 6. The van der Waals surface area contributed by atoms with Crippen LogP contribution in [0.3, 0.4) is 0 Å². The molecule has 2 aromatic heterocycles. The van der Waals surface area contributed by atoms with Crippen LogP contribution in [0.2, 0.25) is 0 Å². The smallest absolute Gasteiger partial charge is 0.112 e. The zero-order chi connectivity index (χ0) is 13.8. The largest absolute Gasteiger partial charge is 0.341 e. The molecule has 0 saturated carbocycles. The number of nitrogens with one attached hydrogen (secondary N) is 1. The molecule has 3 aromatic rings. The van der Waals surface area contributed by atoms with Crippen LogP contribution in [-0.4, -0.2) is 16.1 Å². The quantitative estimate of drug-likeness (QED) is 0.701. The Morgan fingerprint density at radius 2 is 2.25 bits per heavy atom. The van der Waals surface area contributed by atoms with E-state index in [-0.39, 0.29) is 0 Å². The third-order valence-electron chi connectivity index (χ3n) is 3.38. The van der Waals surface area contributed by atoms with Crippen molar-refractivity contribution in [1.82, 2.24) is 14.9 Å². The van der Waals surface area contributed by atoms with E-state index >= 15 is 0 Å². The van der Waals surface area contributed by atoms with E-state index in [4.69, 9.17) is 0 Å². The number of thiazole rings is 1. The Morgan fingerprint density at radius 1 is 1.30 bits per heavy atom. The first kappa shape index (κ1) is 13.3. The molecule has 0 spiro atoms. The van der Waals surface area contributed by atoms with Gasteiger partial charge in [0.05, 0.1) is 6.54 Å². The van der Waals surface area contributed by atoms with E-state index in [2.05, 4.69) is 52.3 Å². The van der Waals surface area contributed by atoms with Crippen molar-refractivity contribution in [1.29, 1.82) is 0 Å². The second kappa shape index (κ2) is 6.20. The molecule has 4 heteroatoms. The van der Waals surface area contributed by atoms with Gasteiger partial charge in [-0.3, -0.25) is 0 Å². The van der Waals surface area contributed by atoms with Gasteiger partial charge in [-0.1, -0.05) is 13.0 Å². The van der Waals surface area contributed by atoms with Crippen LogP contribution in [0.4, 0.5) is 0 Å². The van der Waals surface area contributed by atoms with Crippen molar-refractivity contribution in [3.05, 3.63) is 52.6 Å².